The maximum atomic E-state index is 11.9. The Morgan fingerprint density at radius 2 is 1.67 bits per heavy atom. The molecule has 2 N–H and O–H groups in total. The van der Waals surface area contributed by atoms with Gasteiger partial charge in [-0.25, -0.2) is 0 Å². The van der Waals surface area contributed by atoms with Crippen molar-refractivity contribution in [3.05, 3.63) is 0 Å². The summed E-state index contributed by atoms with van der Waals surface area (Å²) < 4.78 is 0. The van der Waals surface area contributed by atoms with Crippen LogP contribution in [0.4, 0.5) is 0 Å². The number of nitrogens with one attached hydrogen (secondary N) is 2. The summed E-state index contributed by atoms with van der Waals surface area (Å²) in [5.41, 5.74) is 0. The zero-order valence-corrected chi connectivity index (χ0v) is 15.4. The molecule has 2 rings (SSSR count). The van der Waals surface area contributed by atoms with Crippen LogP contribution in [0.3, 0.4) is 0 Å². The molecule has 6 nitrogen and oxygen atoms in total. The third-order valence-electron chi connectivity index (χ3n) is 5.40. The minimum absolute atomic E-state index is 0.0177. The van der Waals surface area contributed by atoms with E-state index in [1.54, 1.807) is 0 Å². The summed E-state index contributed by atoms with van der Waals surface area (Å²) in [6.07, 6.45) is 6.66. The minimum Gasteiger partial charge on any atom is -0.353 e. The van der Waals surface area contributed by atoms with Gasteiger partial charge in [-0.3, -0.25) is 14.5 Å². The van der Waals surface area contributed by atoms with E-state index < -0.39 is 0 Å². The van der Waals surface area contributed by atoms with Crippen LogP contribution in [0.5, 0.6) is 0 Å². The zero-order chi connectivity index (χ0) is 17.4. The molecule has 1 saturated heterocycles. The maximum absolute atomic E-state index is 11.9. The maximum Gasteiger partial charge on any atom is 0.239 e. The molecule has 0 aromatic rings. The summed E-state index contributed by atoms with van der Waals surface area (Å²) in [5, 5.41) is 5.71. The Kier molecular flexibility index (Phi) is 7.99. The first-order valence-electron chi connectivity index (χ1n) is 9.50. The van der Waals surface area contributed by atoms with E-state index in [2.05, 4.69) is 34.4 Å². The third-order valence-corrected chi connectivity index (χ3v) is 5.40. The average Bonchev–Trinajstić information content (AvgIpc) is 2.59. The molecule has 138 valence electrons. The molecule has 1 aliphatic carbocycles. The average molecular weight is 338 g/mol. The first-order chi connectivity index (χ1) is 11.5. The molecule has 1 atom stereocenters. The first kappa shape index (κ1) is 19.2. The molecule has 2 aliphatic rings. The van der Waals surface area contributed by atoms with Gasteiger partial charge in [0.25, 0.3) is 0 Å². The number of nitrogens with zero attached hydrogens (tertiary/aromatic N) is 2. The smallest absolute Gasteiger partial charge is 0.239 e. The van der Waals surface area contributed by atoms with Gasteiger partial charge in [-0.1, -0.05) is 19.3 Å². The second kappa shape index (κ2) is 9.99. The molecular formula is C18H34N4O2. The van der Waals surface area contributed by atoms with Crippen molar-refractivity contribution in [1.29, 1.82) is 0 Å². The van der Waals surface area contributed by atoms with Gasteiger partial charge in [0.15, 0.2) is 0 Å². The zero-order valence-electron chi connectivity index (χ0n) is 15.4. The van der Waals surface area contributed by atoms with E-state index in [-0.39, 0.29) is 18.4 Å². The molecule has 2 fully saturated rings. The number of rotatable bonds is 7. The van der Waals surface area contributed by atoms with E-state index in [0.717, 1.165) is 39.0 Å². The predicted molar refractivity (Wildman–Crippen MR) is 95.7 cm³/mol. The van der Waals surface area contributed by atoms with Crippen LogP contribution in [0.1, 0.15) is 45.4 Å². The largest absolute Gasteiger partial charge is 0.353 e. The minimum atomic E-state index is -0.0898. The SMILES string of the molecule is CC(CNC(=O)CNC(=O)CC1CCCCC1)N1CCN(C)CC1. The predicted octanol–water partition coefficient (Wildman–Crippen LogP) is 0.825. The fraction of sp³-hybridized carbons (Fsp3) is 0.889. The summed E-state index contributed by atoms with van der Waals surface area (Å²) in [4.78, 5) is 28.6. The second-order valence-corrected chi connectivity index (χ2v) is 7.48. The summed E-state index contributed by atoms with van der Waals surface area (Å²) in [5.74, 6) is 0.441. The molecule has 0 spiro atoms. The van der Waals surface area contributed by atoms with Crippen molar-refractivity contribution in [2.75, 3.05) is 46.3 Å². The van der Waals surface area contributed by atoms with Crippen molar-refractivity contribution in [3.63, 3.8) is 0 Å². The molecule has 6 heteroatoms. The Labute approximate surface area is 146 Å². The van der Waals surface area contributed by atoms with Gasteiger partial charge < -0.3 is 15.5 Å². The second-order valence-electron chi connectivity index (χ2n) is 7.48. The molecule has 1 aliphatic heterocycles. The summed E-state index contributed by atoms with van der Waals surface area (Å²) >= 11 is 0. The number of carbonyl (C=O) groups is 2. The van der Waals surface area contributed by atoms with E-state index in [1.165, 1.54) is 19.3 Å². The lowest BCUT2D eigenvalue weighted by molar-refractivity contribution is -0.126. The van der Waals surface area contributed by atoms with E-state index in [4.69, 9.17) is 0 Å². The Bertz CT molecular complexity index is 402. The molecule has 0 radical (unpaired) electrons. The number of likely N-dealkylation sites (N-methyl/N-ethyl adjacent to an activating group) is 1. The van der Waals surface area contributed by atoms with E-state index >= 15 is 0 Å². The van der Waals surface area contributed by atoms with Crippen LogP contribution in [0.15, 0.2) is 0 Å². The van der Waals surface area contributed by atoms with Crippen molar-refractivity contribution in [1.82, 2.24) is 20.4 Å². The Balaban J connectivity index is 1.56. The van der Waals surface area contributed by atoms with Gasteiger partial charge in [0.05, 0.1) is 6.54 Å². The molecular weight excluding hydrogens is 304 g/mol. The summed E-state index contributed by atoms with van der Waals surface area (Å²) in [7, 11) is 2.14. The van der Waals surface area contributed by atoms with Gasteiger partial charge >= 0.3 is 0 Å². The van der Waals surface area contributed by atoms with Crippen molar-refractivity contribution < 1.29 is 9.59 Å². The van der Waals surface area contributed by atoms with E-state index in [1.807, 2.05) is 0 Å². The molecule has 1 unspecified atom stereocenters. The van der Waals surface area contributed by atoms with Crippen LogP contribution in [-0.2, 0) is 9.59 Å². The van der Waals surface area contributed by atoms with Crippen molar-refractivity contribution in [3.8, 4) is 0 Å². The van der Waals surface area contributed by atoms with E-state index in [0.29, 0.717) is 24.9 Å². The monoisotopic (exact) mass is 338 g/mol. The van der Waals surface area contributed by atoms with Crippen LogP contribution in [0.25, 0.3) is 0 Å². The molecule has 0 aromatic carbocycles. The molecule has 0 aromatic heterocycles. The molecule has 1 saturated carbocycles. The molecule has 0 bridgehead atoms. The topological polar surface area (TPSA) is 64.7 Å². The van der Waals surface area contributed by atoms with Crippen LogP contribution in [0, 0.1) is 5.92 Å². The van der Waals surface area contributed by atoms with Crippen LogP contribution in [-0.4, -0.2) is 74.0 Å². The number of carbonyl (C=O) groups excluding carboxylic acids is 2. The van der Waals surface area contributed by atoms with Crippen LogP contribution in [0.2, 0.25) is 0 Å². The van der Waals surface area contributed by atoms with Crippen LogP contribution >= 0.6 is 0 Å². The van der Waals surface area contributed by atoms with E-state index in [9.17, 15) is 9.59 Å². The Morgan fingerprint density at radius 3 is 2.33 bits per heavy atom. The van der Waals surface area contributed by atoms with Gasteiger partial charge in [-0.2, -0.15) is 0 Å². The van der Waals surface area contributed by atoms with Crippen molar-refractivity contribution in [2.24, 2.45) is 5.92 Å². The summed E-state index contributed by atoms with van der Waals surface area (Å²) in [6, 6.07) is 0.334. The lowest BCUT2D eigenvalue weighted by Crippen LogP contribution is -2.51. The third kappa shape index (κ3) is 6.77. The van der Waals surface area contributed by atoms with Gasteiger partial charge in [-0.15, -0.1) is 0 Å². The Hall–Kier alpha value is -1.14. The number of amides is 2. The summed E-state index contributed by atoms with van der Waals surface area (Å²) in [6.45, 7) is 7.14. The van der Waals surface area contributed by atoms with Gasteiger partial charge in [0.1, 0.15) is 0 Å². The standard InChI is InChI=1S/C18H34N4O2/c1-15(22-10-8-21(2)9-11-22)13-19-18(24)14-20-17(23)12-16-6-4-3-5-7-16/h15-16H,3-14H2,1-2H3,(H,19,24)(H,20,23). The number of hydrogen-bond donors (Lipinski definition) is 2. The lowest BCUT2D eigenvalue weighted by Gasteiger charge is -2.36. The van der Waals surface area contributed by atoms with Crippen LogP contribution < -0.4 is 10.6 Å². The molecule has 24 heavy (non-hydrogen) atoms. The first-order valence-corrected chi connectivity index (χ1v) is 9.50. The molecule has 1 heterocycles. The highest BCUT2D eigenvalue weighted by atomic mass is 16.2. The van der Waals surface area contributed by atoms with Gasteiger partial charge in [0, 0.05) is 45.2 Å². The quantitative estimate of drug-likeness (QED) is 0.721. The lowest BCUT2D eigenvalue weighted by atomic mass is 9.87. The number of piperazine rings is 1. The van der Waals surface area contributed by atoms with Crippen molar-refractivity contribution >= 4 is 11.8 Å². The number of hydrogen-bond acceptors (Lipinski definition) is 4. The fourth-order valence-corrected chi connectivity index (χ4v) is 3.62. The highest BCUT2D eigenvalue weighted by Crippen LogP contribution is 2.25. The van der Waals surface area contributed by atoms with Crippen molar-refractivity contribution in [2.45, 2.75) is 51.5 Å². The highest BCUT2D eigenvalue weighted by molar-refractivity contribution is 5.84. The Morgan fingerprint density at radius 1 is 1.00 bits per heavy atom. The highest BCUT2D eigenvalue weighted by Gasteiger charge is 2.20. The molecule has 2 amide bonds. The fourth-order valence-electron chi connectivity index (χ4n) is 3.62. The van der Waals surface area contributed by atoms with Gasteiger partial charge in [0.2, 0.25) is 11.8 Å². The van der Waals surface area contributed by atoms with Gasteiger partial charge in [-0.05, 0) is 32.7 Å². The normalized spacial score (nSPS) is 22.1.